The molecule has 0 radical (unpaired) electrons. The van der Waals surface area contributed by atoms with E-state index >= 15 is 0 Å². The highest BCUT2D eigenvalue weighted by molar-refractivity contribution is 4.94. The van der Waals surface area contributed by atoms with Crippen LogP contribution in [0, 0.1) is 11.8 Å². The smallest absolute Gasteiger partial charge is 0.0773 e. The number of aliphatic hydroxyl groups excluding tert-OH is 1. The Morgan fingerprint density at radius 2 is 2.27 bits per heavy atom. The Morgan fingerprint density at radius 1 is 1.55 bits per heavy atom. The van der Waals surface area contributed by atoms with Crippen molar-refractivity contribution in [3.8, 4) is 11.8 Å². The quantitative estimate of drug-likeness (QED) is 0.478. The van der Waals surface area contributed by atoms with E-state index in [1.165, 1.54) is 0 Å². The van der Waals surface area contributed by atoms with Crippen molar-refractivity contribution in [2.45, 2.75) is 32.3 Å². The molecular weight excluding hydrogens is 140 g/mol. The Morgan fingerprint density at radius 3 is 2.82 bits per heavy atom. The molecule has 11 heavy (non-hydrogen) atoms. The van der Waals surface area contributed by atoms with Crippen LogP contribution in [-0.2, 0) is 4.74 Å². The minimum Gasteiger partial charge on any atom is -0.391 e. The molecule has 0 saturated heterocycles. The van der Waals surface area contributed by atoms with Crippen molar-refractivity contribution in [2.24, 2.45) is 0 Å². The summed E-state index contributed by atoms with van der Waals surface area (Å²) in [5.74, 6) is 5.75. The Balaban J connectivity index is 3.14. The Kier molecular flexibility index (Phi) is 7.23. The molecule has 0 rings (SSSR count). The van der Waals surface area contributed by atoms with Gasteiger partial charge >= 0.3 is 0 Å². The van der Waals surface area contributed by atoms with Gasteiger partial charge < -0.3 is 9.84 Å². The average molecular weight is 156 g/mol. The van der Waals surface area contributed by atoms with Crippen LogP contribution < -0.4 is 0 Å². The van der Waals surface area contributed by atoms with Crippen LogP contribution in [0.5, 0.6) is 0 Å². The summed E-state index contributed by atoms with van der Waals surface area (Å²) in [5.41, 5.74) is 0. The molecule has 1 atom stereocenters. The molecular formula is C9H16O2. The van der Waals surface area contributed by atoms with E-state index in [-0.39, 0.29) is 6.10 Å². The second-order valence-electron chi connectivity index (χ2n) is 2.43. The fraction of sp³-hybridized carbons (Fsp3) is 0.778. The zero-order valence-electron chi connectivity index (χ0n) is 7.26. The monoisotopic (exact) mass is 156 g/mol. The van der Waals surface area contributed by atoms with Crippen molar-refractivity contribution in [3.63, 3.8) is 0 Å². The summed E-state index contributed by atoms with van der Waals surface area (Å²) in [7, 11) is 1.59. The van der Waals surface area contributed by atoms with E-state index in [1.54, 1.807) is 7.11 Å². The molecule has 0 spiro atoms. The first kappa shape index (κ1) is 10.5. The molecule has 1 N–H and O–H groups in total. The van der Waals surface area contributed by atoms with Crippen LogP contribution in [0.2, 0.25) is 0 Å². The molecule has 0 saturated carbocycles. The number of rotatable bonds is 5. The van der Waals surface area contributed by atoms with E-state index in [0.717, 1.165) is 19.3 Å². The van der Waals surface area contributed by atoms with Gasteiger partial charge in [-0.25, -0.2) is 0 Å². The van der Waals surface area contributed by atoms with Crippen LogP contribution in [0.4, 0.5) is 0 Å². The van der Waals surface area contributed by atoms with Gasteiger partial charge in [0.25, 0.3) is 0 Å². The fourth-order valence-corrected chi connectivity index (χ4v) is 0.827. The van der Waals surface area contributed by atoms with E-state index in [4.69, 9.17) is 4.74 Å². The molecule has 0 fully saturated rings. The second-order valence-corrected chi connectivity index (χ2v) is 2.43. The zero-order valence-corrected chi connectivity index (χ0v) is 7.26. The van der Waals surface area contributed by atoms with E-state index in [2.05, 4.69) is 11.8 Å². The van der Waals surface area contributed by atoms with Crippen LogP contribution in [0.1, 0.15) is 26.2 Å². The van der Waals surface area contributed by atoms with E-state index in [1.807, 2.05) is 6.92 Å². The number of hydrogen-bond donors (Lipinski definition) is 1. The summed E-state index contributed by atoms with van der Waals surface area (Å²) in [6.45, 7) is 2.26. The number of methoxy groups -OCH3 is 1. The zero-order chi connectivity index (χ0) is 8.53. The van der Waals surface area contributed by atoms with Crippen molar-refractivity contribution >= 4 is 0 Å². The maximum Gasteiger partial charge on any atom is 0.0773 e. The van der Waals surface area contributed by atoms with Crippen molar-refractivity contribution in [1.29, 1.82) is 0 Å². The third-order valence-electron chi connectivity index (χ3n) is 1.37. The molecule has 0 aromatic heterocycles. The van der Waals surface area contributed by atoms with Gasteiger partial charge in [0.05, 0.1) is 12.7 Å². The molecule has 0 aliphatic carbocycles. The molecule has 0 heterocycles. The lowest BCUT2D eigenvalue weighted by Gasteiger charge is -2.06. The maximum atomic E-state index is 9.18. The van der Waals surface area contributed by atoms with Gasteiger partial charge in [-0.3, -0.25) is 0 Å². The predicted octanol–water partition coefficient (Wildman–Crippen LogP) is 1.19. The topological polar surface area (TPSA) is 29.5 Å². The molecule has 1 unspecified atom stereocenters. The summed E-state index contributed by atoms with van der Waals surface area (Å²) in [5, 5.41) is 9.18. The van der Waals surface area contributed by atoms with Crippen LogP contribution in [-0.4, -0.2) is 24.9 Å². The van der Waals surface area contributed by atoms with Crippen LogP contribution in [0.15, 0.2) is 0 Å². The second kappa shape index (κ2) is 7.59. The lowest BCUT2D eigenvalue weighted by molar-refractivity contribution is 0.0583. The van der Waals surface area contributed by atoms with Gasteiger partial charge in [0.2, 0.25) is 0 Å². The Hall–Kier alpha value is -0.520. The predicted molar refractivity (Wildman–Crippen MR) is 45.2 cm³/mol. The highest BCUT2D eigenvalue weighted by Crippen LogP contribution is 1.99. The number of hydrogen-bond acceptors (Lipinski definition) is 2. The van der Waals surface area contributed by atoms with Crippen LogP contribution in [0.25, 0.3) is 0 Å². The summed E-state index contributed by atoms with van der Waals surface area (Å²) < 4.78 is 4.77. The minimum absolute atomic E-state index is 0.321. The summed E-state index contributed by atoms with van der Waals surface area (Å²) >= 11 is 0. The third-order valence-corrected chi connectivity index (χ3v) is 1.37. The number of aliphatic hydroxyl groups is 1. The lowest BCUT2D eigenvalue weighted by Crippen LogP contribution is -2.13. The Bertz CT molecular complexity index is 132. The van der Waals surface area contributed by atoms with E-state index in [0.29, 0.717) is 6.61 Å². The molecule has 0 aromatic rings. The molecule has 2 nitrogen and oxygen atoms in total. The van der Waals surface area contributed by atoms with Crippen LogP contribution >= 0.6 is 0 Å². The van der Waals surface area contributed by atoms with Gasteiger partial charge in [-0.1, -0.05) is 0 Å². The molecule has 0 aliphatic rings. The summed E-state index contributed by atoms with van der Waals surface area (Å²) in [6.07, 6.45) is 2.28. The van der Waals surface area contributed by atoms with E-state index < -0.39 is 0 Å². The van der Waals surface area contributed by atoms with Crippen LogP contribution in [0.3, 0.4) is 0 Å². The summed E-state index contributed by atoms with van der Waals surface area (Å²) in [4.78, 5) is 0. The standard InChI is InChI=1S/C9H16O2/c1-3-4-5-6-7-9(10)8-11-2/h9-10H,5-8H2,1-2H3. The highest BCUT2D eigenvalue weighted by atomic mass is 16.5. The van der Waals surface area contributed by atoms with Crippen molar-refractivity contribution < 1.29 is 9.84 Å². The lowest BCUT2D eigenvalue weighted by atomic mass is 10.2. The first-order chi connectivity index (χ1) is 5.31. The molecule has 0 amide bonds. The van der Waals surface area contributed by atoms with Gasteiger partial charge in [-0.2, -0.15) is 0 Å². The van der Waals surface area contributed by atoms with Gasteiger partial charge in [0.1, 0.15) is 0 Å². The first-order valence-corrected chi connectivity index (χ1v) is 3.88. The fourth-order valence-electron chi connectivity index (χ4n) is 0.827. The van der Waals surface area contributed by atoms with Gasteiger partial charge in [-0.15, -0.1) is 11.8 Å². The van der Waals surface area contributed by atoms with Gasteiger partial charge in [0.15, 0.2) is 0 Å². The summed E-state index contributed by atoms with van der Waals surface area (Å²) in [6, 6.07) is 0. The number of unbranched alkanes of at least 4 members (excludes halogenated alkanes) is 1. The van der Waals surface area contributed by atoms with Gasteiger partial charge in [-0.05, 0) is 19.8 Å². The first-order valence-electron chi connectivity index (χ1n) is 3.88. The minimum atomic E-state index is -0.321. The largest absolute Gasteiger partial charge is 0.391 e. The highest BCUT2D eigenvalue weighted by Gasteiger charge is 2.00. The molecule has 0 aliphatic heterocycles. The van der Waals surface area contributed by atoms with Gasteiger partial charge in [0, 0.05) is 13.5 Å². The number of ether oxygens (including phenoxy) is 1. The maximum absolute atomic E-state index is 9.18. The van der Waals surface area contributed by atoms with Crippen molar-refractivity contribution in [1.82, 2.24) is 0 Å². The van der Waals surface area contributed by atoms with Crippen molar-refractivity contribution in [2.75, 3.05) is 13.7 Å². The van der Waals surface area contributed by atoms with Crippen molar-refractivity contribution in [3.05, 3.63) is 0 Å². The molecule has 2 heteroatoms. The normalized spacial score (nSPS) is 11.9. The average Bonchev–Trinajstić information content (AvgIpc) is 1.99. The van der Waals surface area contributed by atoms with E-state index in [9.17, 15) is 5.11 Å². The SMILES string of the molecule is CC#CCCCC(O)COC. The third kappa shape index (κ3) is 7.38. The molecule has 0 bridgehead atoms. The molecule has 64 valence electrons. The Labute approximate surface area is 68.6 Å². The molecule has 0 aromatic carbocycles.